The minimum absolute atomic E-state index is 0.318. The normalized spacial score (nSPS) is 10.3. The number of aldehydes is 1. The standard InChI is InChI=1S/C18H20NO4.C17H18NO3.C13H11NO2.C8H9BO4.C5H4BrN/c1-18(2,3)23-17(21)19-11-9-14(10-12-19)13-5-7-15(8-6-13)16(20)22-4;1-17(2,3)21-16(20)18-10-8-15(9-11-18)14-6-4-13(12-19)5-7-14;1-16-13(15)12-4-2-10(3-5-12)11-6-8-14-9-7-11;1-13-8(10)6-2-4-7(5-3-6)9(11)12;6-5-1-3-7-4-2-5/h5-12H,1-4H3;4-12H,1-3H3;2-9H,1H3;2-5,11-12H,1H3;1-4H/q2*+1;;;. The Hall–Kier alpha value is -9.04. The van der Waals surface area contributed by atoms with Crippen LogP contribution in [0.25, 0.3) is 33.4 Å². The molecule has 19 heteroatoms. The summed E-state index contributed by atoms with van der Waals surface area (Å²) in [6.45, 7) is 10.9. The Balaban J connectivity index is 0.000000224. The third-order valence-electron chi connectivity index (χ3n) is 10.5. The molecule has 2 N–H and O–H groups in total. The van der Waals surface area contributed by atoms with Crippen molar-refractivity contribution in [3.05, 3.63) is 222 Å². The number of hydrogen-bond donors (Lipinski definition) is 2. The first-order chi connectivity index (χ1) is 38.0. The van der Waals surface area contributed by atoms with Gasteiger partial charge in [-0.15, -0.1) is 0 Å². The van der Waals surface area contributed by atoms with Gasteiger partial charge in [-0.3, -0.25) is 14.8 Å². The summed E-state index contributed by atoms with van der Waals surface area (Å²) in [4.78, 5) is 75.8. The number of halogens is 1. The molecule has 0 atom stereocenters. The molecule has 0 unspecified atom stereocenters. The van der Waals surface area contributed by atoms with Gasteiger partial charge >= 0.3 is 37.2 Å². The molecule has 0 amide bonds. The molecule has 4 aromatic heterocycles. The van der Waals surface area contributed by atoms with Crippen molar-refractivity contribution in [1.29, 1.82) is 0 Å². The summed E-state index contributed by atoms with van der Waals surface area (Å²) in [5.74, 6) is -1.13. The second-order valence-corrected chi connectivity index (χ2v) is 19.6. The molecule has 80 heavy (non-hydrogen) atoms. The summed E-state index contributed by atoms with van der Waals surface area (Å²) in [6, 6.07) is 42.4. The second-order valence-electron chi connectivity index (χ2n) is 18.7. The van der Waals surface area contributed by atoms with E-state index in [9.17, 15) is 28.8 Å². The fourth-order valence-corrected chi connectivity index (χ4v) is 6.72. The molecule has 0 fully saturated rings. The van der Waals surface area contributed by atoms with Crippen molar-refractivity contribution < 1.29 is 71.6 Å². The lowest BCUT2D eigenvalue weighted by atomic mass is 9.80. The Bertz CT molecular complexity index is 3230. The van der Waals surface area contributed by atoms with Crippen molar-refractivity contribution >= 4 is 64.9 Å². The van der Waals surface area contributed by atoms with E-state index in [2.05, 4.69) is 40.1 Å². The van der Waals surface area contributed by atoms with E-state index in [1.165, 1.54) is 54.7 Å². The number of ether oxygens (including phenoxy) is 5. The van der Waals surface area contributed by atoms with Crippen molar-refractivity contribution in [1.82, 2.24) is 9.97 Å². The first-order valence-corrected chi connectivity index (χ1v) is 25.3. The molecule has 17 nitrogen and oxygen atoms in total. The van der Waals surface area contributed by atoms with Crippen LogP contribution in [0.3, 0.4) is 0 Å². The zero-order valence-electron chi connectivity index (χ0n) is 45.7. The van der Waals surface area contributed by atoms with E-state index in [0.29, 0.717) is 27.7 Å². The summed E-state index contributed by atoms with van der Waals surface area (Å²) in [5, 5.41) is 17.5. The average Bonchev–Trinajstić information content (AvgIpc) is 3.48. The van der Waals surface area contributed by atoms with E-state index < -0.39 is 36.5 Å². The predicted octanol–water partition coefficient (Wildman–Crippen LogP) is 9.98. The molecule has 0 radical (unpaired) electrons. The molecule has 0 spiro atoms. The van der Waals surface area contributed by atoms with E-state index in [1.807, 2.05) is 126 Å². The number of methoxy groups -OCH3 is 3. The SMILES string of the molecule is Brc1ccncc1.CC(C)(C)OC(=O)[n+]1ccc(-c2ccc(C=O)cc2)cc1.COC(=O)c1ccc(-c2cc[n+](C(=O)OC(C)(C)C)cc2)cc1.COC(=O)c1ccc(-c2ccncc2)cc1.COC(=O)c1ccc(B(O)O)cc1. The van der Waals surface area contributed by atoms with Crippen LogP contribution in [0.2, 0.25) is 0 Å². The van der Waals surface area contributed by atoms with Crippen molar-refractivity contribution in [2.45, 2.75) is 52.7 Å². The van der Waals surface area contributed by atoms with Crippen LogP contribution in [-0.2, 0) is 23.7 Å². The fourth-order valence-electron chi connectivity index (χ4n) is 6.49. The molecular weight excluding hydrogens is 1090 g/mol. The van der Waals surface area contributed by atoms with Gasteiger partial charge < -0.3 is 33.7 Å². The molecule has 4 aromatic carbocycles. The van der Waals surface area contributed by atoms with E-state index >= 15 is 0 Å². The molecule has 412 valence electrons. The lowest BCUT2D eigenvalue weighted by Crippen LogP contribution is -2.45. The lowest BCUT2D eigenvalue weighted by molar-refractivity contribution is -0.588. The van der Waals surface area contributed by atoms with Crippen LogP contribution in [-0.4, -0.2) is 96.0 Å². The number of nitrogens with zero attached hydrogens (tertiary/aromatic N) is 4. The van der Waals surface area contributed by atoms with Crippen molar-refractivity contribution in [3.8, 4) is 33.4 Å². The Morgan fingerprint density at radius 3 is 1.01 bits per heavy atom. The highest BCUT2D eigenvalue weighted by Gasteiger charge is 2.25. The highest BCUT2D eigenvalue weighted by molar-refractivity contribution is 9.10. The quantitative estimate of drug-likeness (QED) is 0.0475. The minimum Gasteiger partial charge on any atom is -0.465 e. The molecule has 8 rings (SSSR count). The predicted molar refractivity (Wildman–Crippen MR) is 305 cm³/mol. The van der Waals surface area contributed by atoms with Crippen LogP contribution < -0.4 is 14.6 Å². The molecule has 4 heterocycles. The summed E-state index contributed by atoms with van der Waals surface area (Å²) in [7, 11) is 2.51. The number of pyridine rings is 4. The molecule has 0 saturated heterocycles. The molecule has 8 aromatic rings. The summed E-state index contributed by atoms with van der Waals surface area (Å²) in [5.41, 5.74) is 7.30. The van der Waals surface area contributed by atoms with Crippen LogP contribution in [0.4, 0.5) is 9.59 Å². The van der Waals surface area contributed by atoms with Gasteiger partial charge in [0.05, 0.1) is 38.0 Å². The zero-order chi connectivity index (χ0) is 58.8. The van der Waals surface area contributed by atoms with Gasteiger partial charge in [0, 0.05) is 59.1 Å². The van der Waals surface area contributed by atoms with Crippen molar-refractivity contribution in [2.75, 3.05) is 21.3 Å². The Labute approximate surface area is 473 Å². The monoisotopic (exact) mass is 1150 g/mol. The highest BCUT2D eigenvalue weighted by atomic mass is 79.9. The zero-order valence-corrected chi connectivity index (χ0v) is 47.3. The Morgan fingerprint density at radius 2 is 0.738 bits per heavy atom. The topological polar surface area (TPSA) is 223 Å². The Kier molecular flexibility index (Phi) is 24.9. The third kappa shape index (κ3) is 21.8. The number of aromatic nitrogens is 4. The molecule has 0 saturated carbocycles. The molecule has 0 aliphatic heterocycles. The van der Waals surface area contributed by atoms with Gasteiger partial charge in [0.2, 0.25) is 0 Å². The summed E-state index contributed by atoms with van der Waals surface area (Å²) < 4.78 is 28.2. The van der Waals surface area contributed by atoms with Gasteiger partial charge in [0.25, 0.3) is 0 Å². The number of carbonyl (C=O) groups excluding carboxylic acids is 6. The number of rotatable bonds is 8. The van der Waals surface area contributed by atoms with Crippen LogP contribution >= 0.6 is 15.9 Å². The van der Waals surface area contributed by atoms with Crippen molar-refractivity contribution in [3.63, 3.8) is 0 Å². The molecule has 0 aliphatic rings. The van der Waals surface area contributed by atoms with Gasteiger partial charge in [0.15, 0.2) is 24.8 Å². The van der Waals surface area contributed by atoms with Gasteiger partial charge in [-0.05, 0) is 141 Å². The van der Waals surface area contributed by atoms with Gasteiger partial charge in [0.1, 0.15) is 17.5 Å². The van der Waals surface area contributed by atoms with E-state index in [0.717, 1.165) is 44.1 Å². The number of carbonyl (C=O) groups is 6. The number of hydrogen-bond acceptors (Lipinski definition) is 15. The summed E-state index contributed by atoms with van der Waals surface area (Å²) >= 11 is 3.27. The number of esters is 3. The van der Waals surface area contributed by atoms with E-state index in [-0.39, 0.29) is 11.9 Å². The highest BCUT2D eigenvalue weighted by Crippen LogP contribution is 2.21. The largest absolute Gasteiger partial charge is 0.602 e. The Morgan fingerprint density at radius 1 is 0.450 bits per heavy atom. The lowest BCUT2D eigenvalue weighted by Gasteiger charge is -2.15. The molecular formula is C61H62BBrN4O13+2. The summed E-state index contributed by atoms with van der Waals surface area (Å²) in [6.07, 6.45) is 13.6. The van der Waals surface area contributed by atoms with Crippen LogP contribution in [0, 0.1) is 0 Å². The van der Waals surface area contributed by atoms with E-state index in [1.54, 1.807) is 86.0 Å². The first kappa shape index (κ1) is 63.5. The third-order valence-corrected chi connectivity index (χ3v) is 11.0. The van der Waals surface area contributed by atoms with Crippen LogP contribution in [0.15, 0.2) is 200 Å². The van der Waals surface area contributed by atoms with Crippen LogP contribution in [0.1, 0.15) is 83.0 Å². The van der Waals surface area contributed by atoms with E-state index in [4.69, 9.17) is 19.5 Å². The average molecular weight is 1150 g/mol. The smallest absolute Gasteiger partial charge is 0.465 e. The van der Waals surface area contributed by atoms with Gasteiger partial charge in [-0.25, -0.2) is 14.4 Å². The molecule has 0 bridgehead atoms. The fraction of sp³-hybridized carbons (Fsp3) is 0.180. The van der Waals surface area contributed by atoms with Crippen molar-refractivity contribution in [2.24, 2.45) is 0 Å². The number of benzene rings is 4. The maximum atomic E-state index is 12.0. The van der Waals surface area contributed by atoms with Crippen LogP contribution in [0.5, 0.6) is 0 Å². The first-order valence-electron chi connectivity index (χ1n) is 24.5. The van der Waals surface area contributed by atoms with Gasteiger partial charge in [-0.1, -0.05) is 85.7 Å². The van der Waals surface area contributed by atoms with Gasteiger partial charge in [-0.2, -0.15) is 9.59 Å². The minimum atomic E-state index is -1.51. The maximum Gasteiger partial charge on any atom is 0.602 e. The second kappa shape index (κ2) is 31.4. The maximum absolute atomic E-state index is 12.0. The molecule has 0 aliphatic carbocycles.